The molecule has 1 aliphatic carbocycles. The Bertz CT molecular complexity index is 398. The Morgan fingerprint density at radius 3 is 2.73 bits per heavy atom. The monoisotopic (exact) mass is 212 g/mol. The lowest BCUT2D eigenvalue weighted by Crippen LogP contribution is -2.15. The van der Waals surface area contributed by atoms with E-state index in [1.165, 1.54) is 0 Å². The van der Waals surface area contributed by atoms with Crippen LogP contribution in [0.15, 0.2) is 30.4 Å². The predicted octanol–water partition coefficient (Wildman–Crippen LogP) is 2.36. The standard InChI is InChI=1S/C10H10F2N2O/c11-7(12)6-10(4-5-10)15-9-3-1-2-8(13)14-9/h1-3,6H,4-5H2,(H2,13,14). The van der Waals surface area contributed by atoms with Crippen molar-refractivity contribution >= 4 is 5.82 Å². The smallest absolute Gasteiger partial charge is 0.270 e. The minimum atomic E-state index is -1.73. The Morgan fingerprint density at radius 1 is 1.47 bits per heavy atom. The van der Waals surface area contributed by atoms with Crippen LogP contribution in [0.1, 0.15) is 12.8 Å². The predicted molar refractivity (Wildman–Crippen MR) is 51.5 cm³/mol. The summed E-state index contributed by atoms with van der Waals surface area (Å²) in [7, 11) is 0. The Labute approximate surface area is 85.6 Å². The average Bonchev–Trinajstić information content (AvgIpc) is 2.83. The van der Waals surface area contributed by atoms with Gasteiger partial charge in [-0.25, -0.2) is 0 Å². The Morgan fingerprint density at radius 2 is 2.20 bits per heavy atom. The Balaban J connectivity index is 2.12. The molecule has 0 unspecified atom stereocenters. The van der Waals surface area contributed by atoms with E-state index >= 15 is 0 Å². The number of aromatic nitrogens is 1. The van der Waals surface area contributed by atoms with Crippen molar-refractivity contribution in [1.82, 2.24) is 4.98 Å². The van der Waals surface area contributed by atoms with Gasteiger partial charge in [0, 0.05) is 12.1 Å². The van der Waals surface area contributed by atoms with Gasteiger partial charge in [-0.3, -0.25) is 0 Å². The third-order valence-electron chi connectivity index (χ3n) is 2.17. The van der Waals surface area contributed by atoms with E-state index in [0.717, 1.165) is 6.08 Å². The maximum atomic E-state index is 12.1. The highest BCUT2D eigenvalue weighted by molar-refractivity contribution is 5.32. The topological polar surface area (TPSA) is 48.1 Å². The van der Waals surface area contributed by atoms with Gasteiger partial charge < -0.3 is 10.5 Å². The number of hydrogen-bond donors (Lipinski definition) is 1. The van der Waals surface area contributed by atoms with E-state index in [1.807, 2.05) is 0 Å². The summed E-state index contributed by atoms with van der Waals surface area (Å²) in [5.41, 5.74) is 4.58. The van der Waals surface area contributed by atoms with Gasteiger partial charge >= 0.3 is 0 Å². The van der Waals surface area contributed by atoms with Crippen molar-refractivity contribution in [3.05, 3.63) is 30.4 Å². The molecule has 1 aliphatic rings. The number of ether oxygens (including phenoxy) is 1. The molecule has 1 saturated carbocycles. The van der Waals surface area contributed by atoms with Gasteiger partial charge in [-0.05, 0) is 18.9 Å². The van der Waals surface area contributed by atoms with Crippen LogP contribution in [0.5, 0.6) is 5.88 Å². The SMILES string of the molecule is Nc1cccc(OC2(C=C(F)F)CC2)n1. The minimum Gasteiger partial charge on any atom is -0.467 e. The maximum Gasteiger partial charge on any atom is 0.270 e. The molecule has 1 aromatic rings. The summed E-state index contributed by atoms with van der Waals surface area (Å²) in [4.78, 5) is 3.89. The summed E-state index contributed by atoms with van der Waals surface area (Å²) in [6.45, 7) is 0. The second kappa shape index (κ2) is 3.49. The molecule has 0 spiro atoms. The van der Waals surface area contributed by atoms with Crippen LogP contribution in [0.4, 0.5) is 14.6 Å². The van der Waals surface area contributed by atoms with E-state index in [0.29, 0.717) is 18.7 Å². The van der Waals surface area contributed by atoms with Gasteiger partial charge in [0.15, 0.2) is 0 Å². The van der Waals surface area contributed by atoms with Crippen LogP contribution in [0, 0.1) is 0 Å². The number of pyridine rings is 1. The van der Waals surface area contributed by atoms with Crippen LogP contribution in [0.2, 0.25) is 0 Å². The van der Waals surface area contributed by atoms with Crippen molar-refractivity contribution in [2.45, 2.75) is 18.4 Å². The lowest BCUT2D eigenvalue weighted by atomic mass is 10.3. The molecule has 0 atom stereocenters. The first-order valence-corrected chi connectivity index (χ1v) is 4.55. The van der Waals surface area contributed by atoms with E-state index in [9.17, 15) is 8.78 Å². The number of anilines is 1. The van der Waals surface area contributed by atoms with Gasteiger partial charge in [-0.2, -0.15) is 13.8 Å². The van der Waals surface area contributed by atoms with E-state index in [-0.39, 0.29) is 5.88 Å². The zero-order valence-corrected chi connectivity index (χ0v) is 7.91. The normalized spacial score (nSPS) is 16.9. The first kappa shape index (κ1) is 9.89. The number of rotatable bonds is 3. The van der Waals surface area contributed by atoms with Gasteiger partial charge in [0.25, 0.3) is 6.08 Å². The lowest BCUT2D eigenvalue weighted by Gasteiger charge is -2.12. The quantitative estimate of drug-likeness (QED) is 0.836. The van der Waals surface area contributed by atoms with Crippen LogP contribution < -0.4 is 10.5 Å². The number of nitrogen functional groups attached to an aromatic ring is 1. The fourth-order valence-corrected chi connectivity index (χ4v) is 1.29. The van der Waals surface area contributed by atoms with Gasteiger partial charge in [0.1, 0.15) is 11.4 Å². The van der Waals surface area contributed by atoms with Gasteiger partial charge in [-0.1, -0.05) is 6.07 Å². The van der Waals surface area contributed by atoms with Crippen molar-refractivity contribution in [3.63, 3.8) is 0 Å². The molecule has 1 aromatic heterocycles. The van der Waals surface area contributed by atoms with Crippen molar-refractivity contribution in [2.24, 2.45) is 0 Å². The molecular weight excluding hydrogens is 202 g/mol. The van der Waals surface area contributed by atoms with E-state index in [1.54, 1.807) is 18.2 Å². The number of nitrogens with zero attached hydrogens (tertiary/aromatic N) is 1. The molecule has 0 aromatic carbocycles. The van der Waals surface area contributed by atoms with Crippen LogP contribution in [-0.4, -0.2) is 10.6 Å². The highest BCUT2D eigenvalue weighted by Gasteiger charge is 2.45. The highest BCUT2D eigenvalue weighted by Crippen LogP contribution is 2.42. The minimum absolute atomic E-state index is 0.282. The highest BCUT2D eigenvalue weighted by atomic mass is 19.3. The van der Waals surface area contributed by atoms with Gasteiger partial charge in [0.05, 0.1) is 0 Å². The van der Waals surface area contributed by atoms with Crippen LogP contribution in [0.25, 0.3) is 0 Å². The molecule has 0 saturated heterocycles. The Kier molecular flexibility index (Phi) is 2.30. The molecule has 0 aliphatic heterocycles. The van der Waals surface area contributed by atoms with E-state index < -0.39 is 11.7 Å². The summed E-state index contributed by atoms with van der Waals surface area (Å²) >= 11 is 0. The van der Waals surface area contributed by atoms with E-state index in [2.05, 4.69) is 4.98 Å². The van der Waals surface area contributed by atoms with Crippen molar-refractivity contribution in [3.8, 4) is 5.88 Å². The molecule has 0 radical (unpaired) electrons. The maximum absolute atomic E-state index is 12.1. The van der Waals surface area contributed by atoms with Gasteiger partial charge in [0.2, 0.25) is 5.88 Å². The van der Waals surface area contributed by atoms with Crippen molar-refractivity contribution in [1.29, 1.82) is 0 Å². The van der Waals surface area contributed by atoms with Crippen molar-refractivity contribution in [2.75, 3.05) is 5.73 Å². The molecule has 2 N–H and O–H groups in total. The zero-order chi connectivity index (χ0) is 10.9. The number of halogens is 2. The second-order valence-electron chi connectivity index (χ2n) is 3.50. The second-order valence-corrected chi connectivity index (χ2v) is 3.50. The fourth-order valence-electron chi connectivity index (χ4n) is 1.29. The van der Waals surface area contributed by atoms with Gasteiger partial charge in [-0.15, -0.1) is 0 Å². The summed E-state index contributed by atoms with van der Waals surface area (Å²) < 4.78 is 29.5. The average molecular weight is 212 g/mol. The number of nitrogens with two attached hydrogens (primary N) is 1. The van der Waals surface area contributed by atoms with Crippen LogP contribution in [-0.2, 0) is 0 Å². The van der Waals surface area contributed by atoms with E-state index in [4.69, 9.17) is 10.5 Å². The van der Waals surface area contributed by atoms with Crippen LogP contribution in [0.3, 0.4) is 0 Å². The third-order valence-corrected chi connectivity index (χ3v) is 2.17. The zero-order valence-electron chi connectivity index (χ0n) is 7.91. The molecule has 2 rings (SSSR count). The molecule has 15 heavy (non-hydrogen) atoms. The summed E-state index contributed by atoms with van der Waals surface area (Å²) in [5.74, 6) is 0.595. The molecule has 0 amide bonds. The lowest BCUT2D eigenvalue weighted by molar-refractivity contribution is 0.213. The molecule has 1 fully saturated rings. The Hall–Kier alpha value is -1.65. The summed E-state index contributed by atoms with van der Waals surface area (Å²) in [6, 6.07) is 4.88. The van der Waals surface area contributed by atoms with Crippen molar-refractivity contribution < 1.29 is 13.5 Å². The fraction of sp³-hybridized carbons (Fsp3) is 0.300. The molecule has 3 nitrogen and oxygen atoms in total. The first-order chi connectivity index (χ1) is 7.10. The summed E-state index contributed by atoms with van der Waals surface area (Å²) in [6.07, 6.45) is 0.274. The third kappa shape index (κ3) is 2.43. The molecule has 0 bridgehead atoms. The summed E-state index contributed by atoms with van der Waals surface area (Å²) in [5, 5.41) is 0. The van der Waals surface area contributed by atoms with Crippen LogP contribution >= 0.6 is 0 Å². The molecule has 80 valence electrons. The first-order valence-electron chi connectivity index (χ1n) is 4.55. The molecule has 1 heterocycles. The largest absolute Gasteiger partial charge is 0.467 e. The molecular formula is C10H10F2N2O. The molecule has 5 heteroatoms. The number of hydrogen-bond acceptors (Lipinski definition) is 3.